The molecule has 120 valence electrons. The van der Waals surface area contributed by atoms with Gasteiger partial charge in [-0.15, -0.1) is 0 Å². The number of rotatable bonds is 4. The molecule has 0 fully saturated rings. The third-order valence-electron chi connectivity index (χ3n) is 3.00. The van der Waals surface area contributed by atoms with Gasteiger partial charge in [0.15, 0.2) is 0 Å². The number of methoxy groups -OCH3 is 1. The van der Waals surface area contributed by atoms with E-state index in [0.717, 1.165) is 12.1 Å². The summed E-state index contributed by atoms with van der Waals surface area (Å²) >= 11 is 0. The summed E-state index contributed by atoms with van der Waals surface area (Å²) in [5.41, 5.74) is 0.334. The highest BCUT2D eigenvalue weighted by Gasteiger charge is 2.29. The fourth-order valence-electron chi connectivity index (χ4n) is 1.84. The van der Waals surface area contributed by atoms with Gasteiger partial charge >= 0.3 is 6.18 Å². The zero-order valence-electron chi connectivity index (χ0n) is 12.2. The third-order valence-corrected chi connectivity index (χ3v) is 3.00. The van der Waals surface area contributed by atoms with Gasteiger partial charge in [0.2, 0.25) is 5.91 Å². The van der Waals surface area contributed by atoms with Crippen molar-refractivity contribution in [2.24, 2.45) is 0 Å². The Morgan fingerprint density at radius 1 is 1.13 bits per heavy atom. The van der Waals surface area contributed by atoms with E-state index in [4.69, 9.17) is 4.74 Å². The number of carbonyl (C=O) groups is 1. The van der Waals surface area contributed by atoms with E-state index in [1.807, 2.05) is 0 Å². The molecule has 6 heteroatoms. The summed E-state index contributed by atoms with van der Waals surface area (Å²) < 4.78 is 42.4. The van der Waals surface area contributed by atoms with Crippen molar-refractivity contribution in [2.75, 3.05) is 12.4 Å². The molecular formula is C17H14F3NO2. The molecule has 0 heterocycles. The number of benzene rings is 2. The van der Waals surface area contributed by atoms with Crippen molar-refractivity contribution in [1.29, 1.82) is 0 Å². The minimum absolute atomic E-state index is 0.391. The maximum Gasteiger partial charge on any atom is 0.416 e. The molecule has 2 aromatic rings. The van der Waals surface area contributed by atoms with Crippen LogP contribution in [0.4, 0.5) is 18.9 Å². The summed E-state index contributed by atoms with van der Waals surface area (Å²) in [4.78, 5) is 11.8. The maximum absolute atomic E-state index is 12.4. The molecule has 0 aliphatic rings. The molecular weight excluding hydrogens is 307 g/mol. The van der Waals surface area contributed by atoms with E-state index in [-0.39, 0.29) is 0 Å². The van der Waals surface area contributed by atoms with Gasteiger partial charge in [0.1, 0.15) is 5.75 Å². The van der Waals surface area contributed by atoms with Crippen molar-refractivity contribution >= 4 is 17.7 Å². The van der Waals surface area contributed by atoms with Crippen molar-refractivity contribution in [1.82, 2.24) is 0 Å². The number of alkyl halides is 3. The summed E-state index contributed by atoms with van der Waals surface area (Å²) in [6.45, 7) is 0. The molecule has 0 radical (unpaired) electrons. The van der Waals surface area contributed by atoms with Crippen LogP contribution in [0.5, 0.6) is 5.75 Å². The van der Waals surface area contributed by atoms with Gasteiger partial charge in [-0.1, -0.05) is 18.2 Å². The quantitative estimate of drug-likeness (QED) is 0.850. The summed E-state index contributed by atoms with van der Waals surface area (Å²) in [6.07, 6.45) is -1.68. The molecule has 0 saturated carbocycles. The number of ether oxygens (including phenoxy) is 1. The highest BCUT2D eigenvalue weighted by atomic mass is 19.4. The van der Waals surface area contributed by atoms with E-state index in [1.165, 1.54) is 31.4 Å². The summed E-state index contributed by atoms with van der Waals surface area (Å²) in [6, 6.07) is 11.4. The zero-order chi connectivity index (χ0) is 16.9. The lowest BCUT2D eigenvalue weighted by Gasteiger charge is -2.06. The second-order valence-electron chi connectivity index (χ2n) is 4.67. The molecule has 0 aromatic heterocycles. The number of halogens is 3. The molecule has 1 amide bonds. The molecule has 2 aromatic carbocycles. The molecule has 23 heavy (non-hydrogen) atoms. The average Bonchev–Trinajstić information content (AvgIpc) is 2.52. The first-order valence-electron chi connectivity index (χ1n) is 6.69. The smallest absolute Gasteiger partial charge is 0.416 e. The molecule has 0 bridgehead atoms. The van der Waals surface area contributed by atoms with Crippen LogP contribution in [0.25, 0.3) is 6.08 Å². The van der Waals surface area contributed by atoms with Gasteiger partial charge in [0.25, 0.3) is 0 Å². The first-order valence-corrected chi connectivity index (χ1v) is 6.69. The van der Waals surface area contributed by atoms with Crippen molar-refractivity contribution < 1.29 is 22.7 Å². The number of hydrogen-bond donors (Lipinski definition) is 1. The Hall–Kier alpha value is -2.76. The minimum atomic E-state index is -4.37. The maximum atomic E-state index is 12.4. The Balaban J connectivity index is 2.00. The second kappa shape index (κ2) is 7.00. The number of nitrogens with one attached hydrogen (secondary N) is 1. The third kappa shape index (κ3) is 4.88. The molecule has 0 atom stereocenters. The standard InChI is InChI=1S/C17H14F3NO2/c1-23-15-4-2-3-14(11-15)21-16(22)10-7-12-5-8-13(9-6-12)17(18,19)20/h2-11H,1H3,(H,21,22)/b10-7+. The van der Waals surface area contributed by atoms with E-state index >= 15 is 0 Å². The molecule has 0 unspecified atom stereocenters. The van der Waals surface area contributed by atoms with Crippen LogP contribution in [0, 0.1) is 0 Å². The van der Waals surface area contributed by atoms with E-state index in [9.17, 15) is 18.0 Å². The van der Waals surface area contributed by atoms with Crippen molar-refractivity contribution in [2.45, 2.75) is 6.18 Å². The minimum Gasteiger partial charge on any atom is -0.497 e. The van der Waals surface area contributed by atoms with E-state index < -0.39 is 17.6 Å². The lowest BCUT2D eigenvalue weighted by Crippen LogP contribution is -2.07. The highest BCUT2D eigenvalue weighted by Crippen LogP contribution is 2.29. The molecule has 0 aliphatic carbocycles. The van der Waals surface area contributed by atoms with E-state index in [1.54, 1.807) is 24.3 Å². The van der Waals surface area contributed by atoms with Crippen LogP contribution in [0.15, 0.2) is 54.6 Å². The first-order chi connectivity index (χ1) is 10.9. The summed E-state index contributed by atoms with van der Waals surface area (Å²) in [5.74, 6) is 0.215. The summed E-state index contributed by atoms with van der Waals surface area (Å²) in [5, 5.41) is 2.64. The van der Waals surface area contributed by atoms with Crippen LogP contribution in [0.2, 0.25) is 0 Å². The van der Waals surface area contributed by atoms with E-state index in [2.05, 4.69) is 5.32 Å². The van der Waals surface area contributed by atoms with Crippen molar-refractivity contribution in [3.8, 4) is 5.75 Å². The second-order valence-corrected chi connectivity index (χ2v) is 4.67. The Kier molecular flexibility index (Phi) is 5.05. The van der Waals surface area contributed by atoms with E-state index in [0.29, 0.717) is 17.0 Å². The van der Waals surface area contributed by atoms with Crippen LogP contribution in [-0.2, 0) is 11.0 Å². The number of anilines is 1. The Labute approximate surface area is 131 Å². The molecule has 0 saturated heterocycles. The SMILES string of the molecule is COc1cccc(NC(=O)/C=C/c2ccc(C(F)(F)F)cc2)c1. The van der Waals surface area contributed by atoms with Gasteiger partial charge in [-0.2, -0.15) is 13.2 Å². The van der Waals surface area contributed by atoms with Crippen LogP contribution >= 0.6 is 0 Å². The molecule has 0 aliphatic heterocycles. The van der Waals surface area contributed by atoms with Crippen molar-refractivity contribution in [3.05, 3.63) is 65.7 Å². The fourth-order valence-corrected chi connectivity index (χ4v) is 1.84. The Bertz CT molecular complexity index is 707. The van der Waals surface area contributed by atoms with Crippen LogP contribution < -0.4 is 10.1 Å². The average molecular weight is 321 g/mol. The molecule has 2 rings (SSSR count). The monoisotopic (exact) mass is 321 g/mol. The molecule has 3 nitrogen and oxygen atoms in total. The van der Waals surface area contributed by atoms with Gasteiger partial charge in [0.05, 0.1) is 12.7 Å². The lowest BCUT2D eigenvalue weighted by atomic mass is 10.1. The van der Waals surface area contributed by atoms with Crippen molar-refractivity contribution in [3.63, 3.8) is 0 Å². The normalized spacial score (nSPS) is 11.5. The largest absolute Gasteiger partial charge is 0.497 e. The number of hydrogen-bond acceptors (Lipinski definition) is 2. The van der Waals surface area contributed by atoms with Crippen LogP contribution in [0.1, 0.15) is 11.1 Å². The fraction of sp³-hybridized carbons (Fsp3) is 0.118. The Morgan fingerprint density at radius 3 is 2.43 bits per heavy atom. The predicted octanol–water partition coefficient (Wildman–Crippen LogP) is 4.37. The van der Waals surface area contributed by atoms with Gasteiger partial charge in [-0.25, -0.2) is 0 Å². The zero-order valence-corrected chi connectivity index (χ0v) is 12.2. The predicted molar refractivity (Wildman–Crippen MR) is 82.1 cm³/mol. The Morgan fingerprint density at radius 2 is 1.83 bits per heavy atom. The molecule has 0 spiro atoms. The topological polar surface area (TPSA) is 38.3 Å². The first kappa shape index (κ1) is 16.6. The van der Waals surface area contributed by atoms with Gasteiger partial charge in [0, 0.05) is 17.8 Å². The van der Waals surface area contributed by atoms with Crippen LogP contribution in [-0.4, -0.2) is 13.0 Å². The van der Waals surface area contributed by atoms with Crippen LogP contribution in [0.3, 0.4) is 0 Å². The number of carbonyl (C=O) groups excluding carboxylic acids is 1. The number of amides is 1. The lowest BCUT2D eigenvalue weighted by molar-refractivity contribution is -0.137. The van der Waals surface area contributed by atoms with Gasteiger partial charge < -0.3 is 10.1 Å². The highest BCUT2D eigenvalue weighted by molar-refractivity contribution is 6.02. The summed E-state index contributed by atoms with van der Waals surface area (Å²) in [7, 11) is 1.52. The molecule has 1 N–H and O–H groups in total. The van der Waals surface area contributed by atoms with Gasteiger partial charge in [-0.05, 0) is 35.9 Å². The van der Waals surface area contributed by atoms with Gasteiger partial charge in [-0.3, -0.25) is 4.79 Å².